The molecule has 24 heavy (non-hydrogen) atoms. The zero-order valence-corrected chi connectivity index (χ0v) is 15.4. The summed E-state index contributed by atoms with van der Waals surface area (Å²) < 4.78 is 5.47. The average Bonchev–Trinajstić information content (AvgIpc) is 2.44. The maximum absolute atomic E-state index is 12.8. The molecule has 0 bridgehead atoms. The largest absolute Gasteiger partial charge is 0.444 e. The van der Waals surface area contributed by atoms with Gasteiger partial charge in [0.1, 0.15) is 5.60 Å². The van der Waals surface area contributed by atoms with Crippen molar-refractivity contribution in [1.29, 1.82) is 0 Å². The Morgan fingerprint density at radius 2 is 1.96 bits per heavy atom. The van der Waals surface area contributed by atoms with E-state index < -0.39 is 17.7 Å². The standard InChI is InChI=1S/C19H28N2O3/c1-13-10-14(2)20-15(11-13)12-17(22)16-8-6-7-9-21(16)18(23)24-19(3,4)5/h10-11,16H,6-9,12H2,1-5H3. The Balaban J connectivity index is 2.11. The van der Waals surface area contributed by atoms with Gasteiger partial charge in [-0.3, -0.25) is 14.7 Å². The van der Waals surface area contributed by atoms with Gasteiger partial charge in [0.2, 0.25) is 0 Å². The lowest BCUT2D eigenvalue weighted by molar-refractivity contribution is -0.124. The number of aryl methyl sites for hydroxylation is 2. The number of amides is 1. The highest BCUT2D eigenvalue weighted by Crippen LogP contribution is 2.22. The van der Waals surface area contributed by atoms with Crippen molar-refractivity contribution in [2.75, 3.05) is 6.54 Å². The van der Waals surface area contributed by atoms with E-state index in [-0.39, 0.29) is 12.2 Å². The summed E-state index contributed by atoms with van der Waals surface area (Å²) in [6, 6.07) is 3.52. The summed E-state index contributed by atoms with van der Waals surface area (Å²) in [5.74, 6) is 0.0399. The number of hydrogen-bond acceptors (Lipinski definition) is 4. The van der Waals surface area contributed by atoms with E-state index in [4.69, 9.17) is 4.74 Å². The van der Waals surface area contributed by atoms with E-state index in [0.29, 0.717) is 13.0 Å². The molecule has 1 unspecified atom stereocenters. The lowest BCUT2D eigenvalue weighted by atomic mass is 9.96. The third-order valence-corrected chi connectivity index (χ3v) is 4.01. The number of carbonyl (C=O) groups excluding carboxylic acids is 2. The predicted molar refractivity (Wildman–Crippen MR) is 93.0 cm³/mol. The molecule has 2 rings (SSSR count). The van der Waals surface area contributed by atoms with Gasteiger partial charge in [0.05, 0.1) is 12.5 Å². The molecule has 0 N–H and O–H groups in total. The first kappa shape index (κ1) is 18.4. The SMILES string of the molecule is Cc1cc(C)nc(CC(=O)C2CCCCN2C(=O)OC(C)(C)C)c1. The van der Waals surface area contributed by atoms with Crippen LogP contribution in [0, 0.1) is 13.8 Å². The highest BCUT2D eigenvalue weighted by Gasteiger charge is 2.34. The van der Waals surface area contributed by atoms with Gasteiger partial charge in [-0.05, 0) is 71.6 Å². The van der Waals surface area contributed by atoms with E-state index in [9.17, 15) is 9.59 Å². The summed E-state index contributed by atoms with van der Waals surface area (Å²) in [6.07, 6.45) is 2.42. The fourth-order valence-corrected chi connectivity index (χ4v) is 3.12. The van der Waals surface area contributed by atoms with Crippen LogP contribution in [0.1, 0.15) is 57.0 Å². The van der Waals surface area contributed by atoms with Gasteiger partial charge in [-0.15, -0.1) is 0 Å². The Hall–Kier alpha value is -1.91. The number of nitrogens with zero attached hydrogens (tertiary/aromatic N) is 2. The van der Waals surface area contributed by atoms with Gasteiger partial charge < -0.3 is 4.74 Å². The molecule has 1 fully saturated rings. The zero-order chi connectivity index (χ0) is 17.9. The van der Waals surface area contributed by atoms with Crippen LogP contribution in [0.5, 0.6) is 0 Å². The molecule has 0 radical (unpaired) electrons. The molecule has 5 heteroatoms. The van der Waals surface area contributed by atoms with E-state index in [2.05, 4.69) is 4.98 Å². The summed E-state index contributed by atoms with van der Waals surface area (Å²) in [6.45, 7) is 10.0. The summed E-state index contributed by atoms with van der Waals surface area (Å²) in [5.41, 5.74) is 2.22. The van der Waals surface area contributed by atoms with Crippen molar-refractivity contribution in [3.63, 3.8) is 0 Å². The number of ketones is 1. The summed E-state index contributed by atoms with van der Waals surface area (Å²) >= 11 is 0. The molecule has 1 aliphatic rings. The first-order chi connectivity index (χ1) is 11.2. The predicted octanol–water partition coefficient (Wildman–Crippen LogP) is 3.60. The number of rotatable bonds is 3. The molecule has 1 saturated heterocycles. The Morgan fingerprint density at radius 3 is 2.58 bits per heavy atom. The van der Waals surface area contributed by atoms with E-state index >= 15 is 0 Å². The van der Waals surface area contributed by atoms with Crippen LogP contribution >= 0.6 is 0 Å². The lowest BCUT2D eigenvalue weighted by Gasteiger charge is -2.35. The molecular formula is C19H28N2O3. The quantitative estimate of drug-likeness (QED) is 0.848. The number of carbonyl (C=O) groups is 2. The molecule has 0 aromatic carbocycles. The van der Waals surface area contributed by atoms with Crippen molar-refractivity contribution in [2.24, 2.45) is 0 Å². The normalized spacial score (nSPS) is 18.4. The summed E-state index contributed by atoms with van der Waals surface area (Å²) in [7, 11) is 0. The minimum absolute atomic E-state index is 0.0399. The third-order valence-electron chi connectivity index (χ3n) is 4.01. The molecule has 2 heterocycles. The molecular weight excluding hydrogens is 304 g/mol. The van der Waals surface area contributed by atoms with Crippen molar-refractivity contribution >= 4 is 11.9 Å². The number of ether oxygens (including phenoxy) is 1. The van der Waals surface area contributed by atoms with Crippen LogP contribution in [-0.2, 0) is 16.0 Å². The highest BCUT2D eigenvalue weighted by molar-refractivity contribution is 5.89. The van der Waals surface area contributed by atoms with E-state index in [0.717, 1.165) is 29.8 Å². The Kier molecular flexibility index (Phi) is 5.62. The maximum atomic E-state index is 12.8. The molecule has 1 aromatic rings. The van der Waals surface area contributed by atoms with E-state index in [1.165, 1.54) is 0 Å². The van der Waals surface area contributed by atoms with Gasteiger partial charge in [0, 0.05) is 17.9 Å². The van der Waals surface area contributed by atoms with Gasteiger partial charge in [-0.2, -0.15) is 0 Å². The summed E-state index contributed by atoms with van der Waals surface area (Å²) in [4.78, 5) is 31.2. The van der Waals surface area contributed by atoms with Gasteiger partial charge in [-0.1, -0.05) is 0 Å². The second kappa shape index (κ2) is 7.32. The number of pyridine rings is 1. The van der Waals surface area contributed by atoms with Gasteiger partial charge in [0.15, 0.2) is 5.78 Å². The molecule has 1 atom stereocenters. The number of piperidine rings is 1. The number of likely N-dealkylation sites (tertiary alicyclic amines) is 1. The summed E-state index contributed by atoms with van der Waals surface area (Å²) in [5, 5.41) is 0. The minimum Gasteiger partial charge on any atom is -0.444 e. The first-order valence-corrected chi connectivity index (χ1v) is 8.62. The lowest BCUT2D eigenvalue weighted by Crippen LogP contribution is -2.50. The molecule has 132 valence electrons. The fourth-order valence-electron chi connectivity index (χ4n) is 3.12. The van der Waals surface area contributed by atoms with Crippen LogP contribution in [0.4, 0.5) is 4.79 Å². The second-order valence-electron chi connectivity index (χ2n) is 7.61. The minimum atomic E-state index is -0.558. The topological polar surface area (TPSA) is 59.5 Å². The molecule has 0 aliphatic carbocycles. The first-order valence-electron chi connectivity index (χ1n) is 8.62. The van der Waals surface area contributed by atoms with E-state index in [1.54, 1.807) is 4.90 Å². The van der Waals surface area contributed by atoms with Gasteiger partial charge in [0.25, 0.3) is 0 Å². The Bertz CT molecular complexity index is 599. The maximum Gasteiger partial charge on any atom is 0.410 e. The average molecular weight is 332 g/mol. The van der Waals surface area contributed by atoms with Crippen LogP contribution in [0.3, 0.4) is 0 Å². The zero-order valence-electron chi connectivity index (χ0n) is 15.4. The molecule has 1 aliphatic heterocycles. The Morgan fingerprint density at radius 1 is 1.25 bits per heavy atom. The molecule has 5 nitrogen and oxygen atoms in total. The molecule has 1 amide bonds. The van der Waals surface area contributed by atoms with Gasteiger partial charge in [-0.25, -0.2) is 4.79 Å². The smallest absolute Gasteiger partial charge is 0.410 e. The van der Waals surface area contributed by atoms with Crippen LogP contribution in [0.2, 0.25) is 0 Å². The van der Waals surface area contributed by atoms with Crippen molar-refractivity contribution in [2.45, 2.75) is 71.9 Å². The van der Waals surface area contributed by atoms with Crippen molar-refractivity contribution in [3.8, 4) is 0 Å². The number of aromatic nitrogens is 1. The Labute approximate surface area is 144 Å². The van der Waals surface area contributed by atoms with Gasteiger partial charge >= 0.3 is 6.09 Å². The van der Waals surface area contributed by atoms with Crippen molar-refractivity contribution in [3.05, 3.63) is 29.1 Å². The fraction of sp³-hybridized carbons (Fsp3) is 0.632. The molecule has 1 aromatic heterocycles. The monoisotopic (exact) mass is 332 g/mol. The number of Topliss-reactive ketones (excluding diaryl/α,β-unsaturated/α-hetero) is 1. The van der Waals surface area contributed by atoms with Crippen LogP contribution in [0.25, 0.3) is 0 Å². The second-order valence-corrected chi connectivity index (χ2v) is 7.61. The van der Waals surface area contributed by atoms with Crippen LogP contribution < -0.4 is 0 Å². The number of hydrogen-bond donors (Lipinski definition) is 0. The molecule has 0 spiro atoms. The van der Waals surface area contributed by atoms with E-state index in [1.807, 2.05) is 46.8 Å². The van der Waals surface area contributed by atoms with Crippen molar-refractivity contribution < 1.29 is 14.3 Å². The van der Waals surface area contributed by atoms with Crippen LogP contribution in [0.15, 0.2) is 12.1 Å². The van der Waals surface area contributed by atoms with Crippen LogP contribution in [-0.4, -0.2) is 39.9 Å². The van der Waals surface area contributed by atoms with Crippen molar-refractivity contribution in [1.82, 2.24) is 9.88 Å². The third kappa shape index (κ3) is 5.05. The molecule has 0 saturated carbocycles. The highest BCUT2D eigenvalue weighted by atomic mass is 16.6.